The molecule has 0 saturated carbocycles. The minimum absolute atomic E-state index is 0.173. The van der Waals surface area contributed by atoms with Gasteiger partial charge in [-0.25, -0.2) is 8.78 Å². The highest BCUT2D eigenvalue weighted by Gasteiger charge is 2.42. The van der Waals surface area contributed by atoms with Crippen molar-refractivity contribution in [3.05, 3.63) is 59.7 Å². The summed E-state index contributed by atoms with van der Waals surface area (Å²) in [5.74, 6) is -0.114. The molecular formula is C28H38F2N4. The smallest absolute Gasteiger partial charge is 0.123 e. The summed E-state index contributed by atoms with van der Waals surface area (Å²) in [6.07, 6.45) is 3.48. The molecule has 0 amide bonds. The molecule has 0 bridgehead atoms. The second kappa shape index (κ2) is 10.3. The standard InChI is InChI=1S/C28H38F2N4/c1-21(2)33-17-15-31(16-18-33)12-3-4-13-32-14-11-28-26(20-32)25-19-23(30)7-10-27(25)34(28)24-8-5-22(29)6-9-24/h5-10,19,21,26,28H,3-4,11-18,20H2,1-2H3. The van der Waals surface area contributed by atoms with Gasteiger partial charge >= 0.3 is 0 Å². The summed E-state index contributed by atoms with van der Waals surface area (Å²) in [7, 11) is 0. The molecule has 2 fully saturated rings. The zero-order valence-electron chi connectivity index (χ0n) is 20.6. The molecule has 3 aliphatic heterocycles. The van der Waals surface area contributed by atoms with Crippen molar-refractivity contribution in [2.45, 2.75) is 51.1 Å². The minimum atomic E-state index is -0.226. The van der Waals surface area contributed by atoms with Crippen LogP contribution >= 0.6 is 0 Å². The van der Waals surface area contributed by atoms with Crippen LogP contribution in [0.15, 0.2) is 42.5 Å². The van der Waals surface area contributed by atoms with E-state index in [2.05, 4.69) is 33.4 Å². The highest BCUT2D eigenvalue weighted by Crippen LogP contribution is 2.48. The molecule has 3 aliphatic rings. The lowest BCUT2D eigenvalue weighted by atomic mass is 9.89. The van der Waals surface area contributed by atoms with Crippen LogP contribution in [-0.2, 0) is 0 Å². The monoisotopic (exact) mass is 468 g/mol. The molecule has 0 N–H and O–H groups in total. The first-order chi connectivity index (χ1) is 16.5. The van der Waals surface area contributed by atoms with E-state index in [4.69, 9.17) is 0 Å². The van der Waals surface area contributed by atoms with Gasteiger partial charge < -0.3 is 14.7 Å². The Morgan fingerprint density at radius 1 is 0.824 bits per heavy atom. The van der Waals surface area contributed by atoms with Crippen LogP contribution in [0.1, 0.15) is 44.6 Å². The van der Waals surface area contributed by atoms with E-state index in [0.717, 1.165) is 43.0 Å². The number of unbranched alkanes of at least 4 members (excludes halogenated alkanes) is 1. The fraction of sp³-hybridized carbons (Fsp3) is 0.571. The van der Waals surface area contributed by atoms with Gasteiger partial charge in [0.25, 0.3) is 0 Å². The molecule has 2 unspecified atom stereocenters. The van der Waals surface area contributed by atoms with Crippen LogP contribution in [0.2, 0.25) is 0 Å². The van der Waals surface area contributed by atoms with E-state index < -0.39 is 0 Å². The number of fused-ring (bicyclic) bond motifs is 3. The molecule has 2 aromatic rings. The molecule has 4 nitrogen and oxygen atoms in total. The predicted molar refractivity (Wildman–Crippen MR) is 135 cm³/mol. The Bertz CT molecular complexity index is 955. The van der Waals surface area contributed by atoms with Crippen molar-refractivity contribution in [3.8, 4) is 0 Å². The van der Waals surface area contributed by atoms with Gasteiger partial charge in [0.05, 0.1) is 0 Å². The molecule has 34 heavy (non-hydrogen) atoms. The highest BCUT2D eigenvalue weighted by molar-refractivity contribution is 5.73. The van der Waals surface area contributed by atoms with Crippen LogP contribution in [0.25, 0.3) is 0 Å². The summed E-state index contributed by atoms with van der Waals surface area (Å²) in [6, 6.07) is 12.8. The zero-order valence-corrected chi connectivity index (χ0v) is 20.6. The summed E-state index contributed by atoms with van der Waals surface area (Å²) >= 11 is 0. The minimum Gasteiger partial charge on any atom is -0.337 e. The number of likely N-dealkylation sites (tertiary alicyclic amines) is 1. The third kappa shape index (κ3) is 5.00. The van der Waals surface area contributed by atoms with Gasteiger partial charge in [0.2, 0.25) is 0 Å². The maximum absolute atomic E-state index is 14.2. The summed E-state index contributed by atoms with van der Waals surface area (Å²) in [4.78, 5) is 10.1. The van der Waals surface area contributed by atoms with Gasteiger partial charge in [-0.2, -0.15) is 0 Å². The maximum Gasteiger partial charge on any atom is 0.123 e. The van der Waals surface area contributed by atoms with E-state index in [9.17, 15) is 8.78 Å². The molecule has 5 rings (SSSR count). The van der Waals surface area contributed by atoms with Crippen molar-refractivity contribution in [1.82, 2.24) is 14.7 Å². The first kappa shape index (κ1) is 23.7. The summed E-state index contributed by atoms with van der Waals surface area (Å²) in [6.45, 7) is 13.6. The highest BCUT2D eigenvalue weighted by atomic mass is 19.1. The third-order valence-corrected chi connectivity index (χ3v) is 8.08. The predicted octanol–water partition coefficient (Wildman–Crippen LogP) is 5.08. The Hall–Kier alpha value is -2.02. The summed E-state index contributed by atoms with van der Waals surface area (Å²) < 4.78 is 27.7. The quantitative estimate of drug-likeness (QED) is 0.526. The van der Waals surface area contributed by atoms with Gasteiger partial charge in [-0.05, 0) is 94.2 Å². The third-order valence-electron chi connectivity index (χ3n) is 8.08. The Labute approximate surface area is 203 Å². The van der Waals surface area contributed by atoms with E-state index in [1.165, 1.54) is 57.7 Å². The number of nitrogens with zero attached hydrogens (tertiary/aromatic N) is 4. The van der Waals surface area contributed by atoms with E-state index >= 15 is 0 Å². The van der Waals surface area contributed by atoms with Gasteiger partial charge in [0, 0.05) is 68.6 Å². The Kier molecular flexibility index (Phi) is 7.19. The fourth-order valence-electron chi connectivity index (χ4n) is 6.15. The Morgan fingerprint density at radius 2 is 1.50 bits per heavy atom. The van der Waals surface area contributed by atoms with Crippen LogP contribution in [-0.4, -0.2) is 79.1 Å². The van der Waals surface area contributed by atoms with Gasteiger partial charge in [-0.1, -0.05) is 0 Å². The summed E-state index contributed by atoms with van der Waals surface area (Å²) in [5, 5.41) is 0. The molecule has 0 spiro atoms. The lowest BCUT2D eigenvalue weighted by Gasteiger charge is -2.39. The molecule has 6 heteroatoms. The van der Waals surface area contributed by atoms with E-state index in [0.29, 0.717) is 12.1 Å². The van der Waals surface area contributed by atoms with Crippen molar-refractivity contribution < 1.29 is 8.78 Å². The number of rotatable bonds is 7. The SMILES string of the molecule is CC(C)N1CCN(CCCCN2CCC3C(C2)c2cc(F)ccc2N3c2ccc(F)cc2)CC1. The normalized spacial score (nSPS) is 24.0. The molecule has 0 aromatic heterocycles. The van der Waals surface area contributed by atoms with Crippen molar-refractivity contribution in [2.24, 2.45) is 0 Å². The number of piperidine rings is 1. The first-order valence-corrected chi connectivity index (χ1v) is 13.0. The first-order valence-electron chi connectivity index (χ1n) is 13.0. The Morgan fingerprint density at radius 3 is 2.21 bits per heavy atom. The number of hydrogen-bond donors (Lipinski definition) is 0. The van der Waals surface area contributed by atoms with Crippen LogP contribution in [0, 0.1) is 11.6 Å². The van der Waals surface area contributed by atoms with Crippen LogP contribution in [0.5, 0.6) is 0 Å². The number of piperazine rings is 1. The number of hydrogen-bond acceptors (Lipinski definition) is 4. The van der Waals surface area contributed by atoms with Crippen molar-refractivity contribution in [3.63, 3.8) is 0 Å². The van der Waals surface area contributed by atoms with Crippen molar-refractivity contribution in [1.29, 1.82) is 0 Å². The van der Waals surface area contributed by atoms with Crippen molar-refractivity contribution in [2.75, 3.05) is 57.3 Å². The zero-order chi connectivity index (χ0) is 23.7. The van der Waals surface area contributed by atoms with E-state index in [1.54, 1.807) is 12.1 Å². The van der Waals surface area contributed by atoms with E-state index in [1.807, 2.05) is 18.2 Å². The van der Waals surface area contributed by atoms with Crippen LogP contribution in [0.3, 0.4) is 0 Å². The van der Waals surface area contributed by atoms with Gasteiger partial charge in [-0.15, -0.1) is 0 Å². The number of halogens is 2. The molecule has 0 radical (unpaired) electrons. The molecule has 3 heterocycles. The number of benzene rings is 2. The average Bonchev–Trinajstić information content (AvgIpc) is 3.15. The molecule has 184 valence electrons. The largest absolute Gasteiger partial charge is 0.337 e. The van der Waals surface area contributed by atoms with Gasteiger partial charge in [0.1, 0.15) is 11.6 Å². The average molecular weight is 469 g/mol. The van der Waals surface area contributed by atoms with Crippen molar-refractivity contribution >= 4 is 11.4 Å². The van der Waals surface area contributed by atoms with E-state index in [-0.39, 0.29) is 17.6 Å². The van der Waals surface area contributed by atoms with Crippen LogP contribution in [0.4, 0.5) is 20.2 Å². The second-order valence-corrected chi connectivity index (χ2v) is 10.5. The molecular weight excluding hydrogens is 430 g/mol. The topological polar surface area (TPSA) is 13.0 Å². The fourth-order valence-corrected chi connectivity index (χ4v) is 6.15. The lowest BCUT2D eigenvalue weighted by Crippen LogP contribution is -2.49. The van der Waals surface area contributed by atoms with Gasteiger partial charge in [-0.3, -0.25) is 4.90 Å². The number of anilines is 2. The Balaban J connectivity index is 1.17. The van der Waals surface area contributed by atoms with Crippen LogP contribution < -0.4 is 4.90 Å². The maximum atomic E-state index is 14.2. The molecule has 2 aromatic carbocycles. The van der Waals surface area contributed by atoms with Gasteiger partial charge in [0.15, 0.2) is 0 Å². The summed E-state index contributed by atoms with van der Waals surface area (Å²) in [5.41, 5.74) is 3.17. The second-order valence-electron chi connectivity index (χ2n) is 10.5. The molecule has 0 aliphatic carbocycles. The molecule has 2 saturated heterocycles. The lowest BCUT2D eigenvalue weighted by molar-refractivity contribution is 0.106. The molecule has 2 atom stereocenters.